The molecule has 0 nitrogen and oxygen atoms in total. The highest BCUT2D eigenvalue weighted by molar-refractivity contribution is 5.66. The van der Waals surface area contributed by atoms with Crippen molar-refractivity contribution in [3.8, 4) is 0 Å². The predicted octanol–water partition coefficient (Wildman–Crippen LogP) is 6.56. The van der Waals surface area contributed by atoms with Crippen LogP contribution in [0.3, 0.4) is 0 Å². The van der Waals surface area contributed by atoms with E-state index in [1.165, 1.54) is 59.9 Å². The van der Waals surface area contributed by atoms with E-state index < -0.39 is 0 Å². The Bertz CT molecular complexity index is 848. The molecule has 0 fully saturated rings. The second-order valence-corrected chi connectivity index (χ2v) is 7.87. The molecular weight excluding hydrogens is 300 g/mol. The molecule has 25 heavy (non-hydrogen) atoms. The van der Waals surface area contributed by atoms with Crippen LogP contribution in [-0.2, 0) is 25.7 Å². The summed E-state index contributed by atoms with van der Waals surface area (Å²) in [5, 5.41) is 0. The van der Waals surface area contributed by atoms with E-state index in [0.717, 1.165) is 12.8 Å². The van der Waals surface area contributed by atoms with E-state index in [4.69, 9.17) is 0 Å². The summed E-state index contributed by atoms with van der Waals surface area (Å²) in [4.78, 5) is 0. The number of hydrogen-bond donors (Lipinski definition) is 0. The molecular formula is C25H28. The van der Waals surface area contributed by atoms with Crippen LogP contribution in [-0.4, -0.2) is 0 Å². The van der Waals surface area contributed by atoms with Crippen molar-refractivity contribution >= 4 is 12.2 Å². The van der Waals surface area contributed by atoms with Crippen molar-refractivity contribution in [1.29, 1.82) is 0 Å². The van der Waals surface area contributed by atoms with Gasteiger partial charge in [-0.15, -0.1) is 0 Å². The van der Waals surface area contributed by atoms with E-state index in [9.17, 15) is 0 Å². The van der Waals surface area contributed by atoms with Crippen molar-refractivity contribution in [2.45, 2.75) is 58.8 Å². The lowest BCUT2D eigenvalue weighted by Crippen LogP contribution is -1.96. The van der Waals surface area contributed by atoms with Crippen LogP contribution in [0.1, 0.15) is 66.5 Å². The molecule has 0 saturated heterocycles. The molecule has 0 unspecified atom stereocenters. The molecule has 2 aliphatic carbocycles. The summed E-state index contributed by atoms with van der Waals surface area (Å²) in [6, 6.07) is 13.7. The molecule has 0 atom stereocenters. The molecule has 128 valence electrons. The van der Waals surface area contributed by atoms with Crippen LogP contribution < -0.4 is 0 Å². The summed E-state index contributed by atoms with van der Waals surface area (Å²) in [7, 11) is 0. The second kappa shape index (κ2) is 7.04. The van der Waals surface area contributed by atoms with Gasteiger partial charge >= 0.3 is 0 Å². The van der Waals surface area contributed by atoms with E-state index in [2.05, 4.69) is 62.4 Å². The van der Waals surface area contributed by atoms with Gasteiger partial charge in [-0.05, 0) is 85.8 Å². The van der Waals surface area contributed by atoms with Crippen molar-refractivity contribution in [2.75, 3.05) is 0 Å². The molecule has 0 aromatic heterocycles. The number of allylic oxidation sites excluding steroid dienone is 2. The van der Waals surface area contributed by atoms with E-state index >= 15 is 0 Å². The maximum Gasteiger partial charge on any atom is -0.00579 e. The molecule has 0 spiro atoms. The van der Waals surface area contributed by atoms with E-state index in [-0.39, 0.29) is 0 Å². The fourth-order valence-electron chi connectivity index (χ4n) is 4.46. The number of benzene rings is 2. The zero-order valence-electron chi connectivity index (χ0n) is 15.6. The molecule has 2 aliphatic rings. The highest BCUT2D eigenvalue weighted by Crippen LogP contribution is 2.30. The highest BCUT2D eigenvalue weighted by Gasteiger charge is 2.14. The molecule has 4 rings (SSSR count). The third kappa shape index (κ3) is 3.49. The van der Waals surface area contributed by atoms with E-state index in [0.29, 0.717) is 0 Å². The summed E-state index contributed by atoms with van der Waals surface area (Å²) >= 11 is 0. The molecule has 0 heteroatoms. The summed E-state index contributed by atoms with van der Waals surface area (Å²) in [6.07, 6.45) is 13.4. The van der Waals surface area contributed by atoms with Gasteiger partial charge in [-0.2, -0.15) is 0 Å². The van der Waals surface area contributed by atoms with Crippen molar-refractivity contribution in [1.82, 2.24) is 0 Å². The van der Waals surface area contributed by atoms with Gasteiger partial charge in [0.2, 0.25) is 0 Å². The minimum Gasteiger partial charge on any atom is -0.0683 e. The normalized spacial score (nSPS) is 15.0. The fourth-order valence-corrected chi connectivity index (χ4v) is 4.46. The third-order valence-corrected chi connectivity index (χ3v) is 5.71. The zero-order valence-corrected chi connectivity index (χ0v) is 15.6. The number of unbranched alkanes of at least 4 members (excludes halogenated alkanes) is 2. The summed E-state index contributed by atoms with van der Waals surface area (Å²) in [5.74, 6) is 0. The quantitative estimate of drug-likeness (QED) is 0.527. The maximum atomic E-state index is 2.40. The van der Waals surface area contributed by atoms with Gasteiger partial charge in [0.1, 0.15) is 0 Å². The number of rotatable bonds is 6. The number of hydrogen-bond acceptors (Lipinski definition) is 0. The van der Waals surface area contributed by atoms with Gasteiger partial charge in [-0.3, -0.25) is 0 Å². The van der Waals surface area contributed by atoms with Crippen LogP contribution in [0.15, 0.2) is 47.5 Å². The van der Waals surface area contributed by atoms with Crippen LogP contribution >= 0.6 is 0 Å². The minimum atomic E-state index is 1.15. The monoisotopic (exact) mass is 328 g/mol. The van der Waals surface area contributed by atoms with E-state index in [1.807, 2.05) is 0 Å². The van der Waals surface area contributed by atoms with E-state index in [1.54, 1.807) is 16.7 Å². The van der Waals surface area contributed by atoms with Gasteiger partial charge in [0, 0.05) is 0 Å². The Kier molecular flexibility index (Phi) is 4.61. The second-order valence-electron chi connectivity index (χ2n) is 7.87. The van der Waals surface area contributed by atoms with Crippen LogP contribution in [0.2, 0.25) is 0 Å². The topological polar surface area (TPSA) is 0 Å². The first-order valence-corrected chi connectivity index (χ1v) is 9.76. The Morgan fingerprint density at radius 1 is 0.720 bits per heavy atom. The van der Waals surface area contributed by atoms with Gasteiger partial charge in [0.05, 0.1) is 0 Å². The van der Waals surface area contributed by atoms with Crippen molar-refractivity contribution < 1.29 is 0 Å². The standard InChI is InChI=1S/C25H28/c1-18-14-22-12-6-10-20(24(22)16-18)8-4-3-5-9-21-11-7-13-23-15-19(2)17-25(21)23/h6-7,10-14,17H,3-5,8-9,15-16H2,1-2H3. The predicted molar refractivity (Wildman–Crippen MR) is 109 cm³/mol. The largest absolute Gasteiger partial charge is 0.0683 e. The number of fused-ring (bicyclic) bond motifs is 2. The average molecular weight is 328 g/mol. The summed E-state index contributed by atoms with van der Waals surface area (Å²) in [6.45, 7) is 4.50. The third-order valence-electron chi connectivity index (χ3n) is 5.71. The average Bonchev–Trinajstić information content (AvgIpc) is 3.16. The highest BCUT2D eigenvalue weighted by atomic mass is 14.2. The summed E-state index contributed by atoms with van der Waals surface area (Å²) < 4.78 is 0. The fraction of sp³-hybridized carbons (Fsp3) is 0.360. The van der Waals surface area contributed by atoms with Crippen LogP contribution in [0.5, 0.6) is 0 Å². The molecule has 0 radical (unpaired) electrons. The lowest BCUT2D eigenvalue weighted by atomic mass is 9.95. The van der Waals surface area contributed by atoms with Crippen molar-refractivity contribution in [3.05, 3.63) is 80.9 Å². The SMILES string of the molecule is CC1=Cc2c(CCCCCc3cccc4c3CC(C)=C4)cccc2C1. The van der Waals surface area contributed by atoms with Crippen molar-refractivity contribution in [3.63, 3.8) is 0 Å². The lowest BCUT2D eigenvalue weighted by Gasteiger charge is -2.10. The Hall–Kier alpha value is -2.08. The zero-order chi connectivity index (χ0) is 17.2. The van der Waals surface area contributed by atoms with Gasteiger partial charge < -0.3 is 0 Å². The first kappa shape index (κ1) is 16.4. The Morgan fingerprint density at radius 3 is 2.32 bits per heavy atom. The van der Waals surface area contributed by atoms with Crippen LogP contribution in [0.25, 0.3) is 12.2 Å². The first-order valence-electron chi connectivity index (χ1n) is 9.76. The molecule has 2 aromatic carbocycles. The minimum absolute atomic E-state index is 1.15. The summed E-state index contributed by atoms with van der Waals surface area (Å²) in [5.41, 5.74) is 12.2. The number of aryl methyl sites for hydroxylation is 2. The molecule has 0 heterocycles. The smallest absolute Gasteiger partial charge is 0.00579 e. The molecule has 0 N–H and O–H groups in total. The Labute approximate surface area is 152 Å². The molecule has 0 aliphatic heterocycles. The lowest BCUT2D eigenvalue weighted by molar-refractivity contribution is 0.676. The molecule has 0 bridgehead atoms. The van der Waals surface area contributed by atoms with Gasteiger partial charge in [0.15, 0.2) is 0 Å². The Balaban J connectivity index is 1.30. The molecule has 2 aromatic rings. The van der Waals surface area contributed by atoms with Crippen LogP contribution in [0.4, 0.5) is 0 Å². The molecule has 0 saturated carbocycles. The van der Waals surface area contributed by atoms with Gasteiger partial charge in [0.25, 0.3) is 0 Å². The van der Waals surface area contributed by atoms with Gasteiger partial charge in [-0.25, -0.2) is 0 Å². The van der Waals surface area contributed by atoms with Gasteiger partial charge in [-0.1, -0.05) is 66.1 Å². The Morgan fingerprint density at radius 2 is 1.44 bits per heavy atom. The maximum absolute atomic E-state index is 2.40. The van der Waals surface area contributed by atoms with Crippen LogP contribution in [0, 0.1) is 0 Å². The molecule has 0 amide bonds. The van der Waals surface area contributed by atoms with Crippen molar-refractivity contribution in [2.24, 2.45) is 0 Å². The first-order chi connectivity index (χ1) is 12.2.